The van der Waals surface area contributed by atoms with Gasteiger partial charge in [0.25, 0.3) is 0 Å². The van der Waals surface area contributed by atoms with Gasteiger partial charge in [0.1, 0.15) is 0 Å². The molecule has 120 valence electrons. The third kappa shape index (κ3) is 4.04. The number of aliphatic hydroxyl groups excluding tert-OH is 3. The van der Waals surface area contributed by atoms with Gasteiger partial charge < -0.3 is 25.0 Å². The van der Waals surface area contributed by atoms with Gasteiger partial charge in [0, 0.05) is 24.8 Å². The van der Waals surface area contributed by atoms with Crippen molar-refractivity contribution in [1.29, 1.82) is 0 Å². The van der Waals surface area contributed by atoms with Crippen LogP contribution < -0.4 is 5.43 Å². The van der Waals surface area contributed by atoms with E-state index < -0.39 is 5.43 Å². The number of likely N-dealkylation sites (N-methyl/N-ethyl adjacent to an activating group) is 1. The van der Waals surface area contributed by atoms with Gasteiger partial charge in [-0.3, -0.25) is 9.69 Å². The molecule has 0 fully saturated rings. The Bertz CT molecular complexity index is 511. The summed E-state index contributed by atoms with van der Waals surface area (Å²) in [6.45, 7) is 1.92. The van der Waals surface area contributed by atoms with Crippen molar-refractivity contribution in [2.24, 2.45) is 0 Å². The topological polar surface area (TPSA) is 106 Å². The van der Waals surface area contributed by atoms with E-state index in [4.69, 9.17) is 5.11 Å². The van der Waals surface area contributed by atoms with E-state index in [0.717, 1.165) is 0 Å². The summed E-state index contributed by atoms with van der Waals surface area (Å²) in [6, 6.07) is 0.847. The Morgan fingerprint density at radius 2 is 2.00 bits per heavy atom. The monoisotopic (exact) mass is 300 g/mol. The fourth-order valence-electron chi connectivity index (χ4n) is 2.35. The molecule has 4 N–H and O–H groups in total. The lowest BCUT2D eigenvalue weighted by Crippen LogP contribution is -2.29. The molecule has 0 saturated carbocycles. The van der Waals surface area contributed by atoms with E-state index in [9.17, 15) is 20.1 Å². The van der Waals surface area contributed by atoms with E-state index >= 15 is 0 Å². The number of aromatic hydroxyl groups is 1. The molecule has 0 aliphatic carbocycles. The summed E-state index contributed by atoms with van der Waals surface area (Å²) in [5, 5.41) is 38.0. The molecule has 0 aliphatic heterocycles. The first-order valence-electron chi connectivity index (χ1n) is 6.97. The van der Waals surface area contributed by atoms with E-state index in [1.54, 1.807) is 16.5 Å². The van der Waals surface area contributed by atoms with Crippen LogP contribution in [0.25, 0.3) is 0 Å². The average molecular weight is 300 g/mol. The minimum Gasteiger partial charge on any atom is -0.503 e. The molecule has 0 bridgehead atoms. The number of aliphatic hydroxyl groups is 3. The summed E-state index contributed by atoms with van der Waals surface area (Å²) < 4.78 is 1.62. The maximum absolute atomic E-state index is 11.8. The zero-order chi connectivity index (χ0) is 16.0. The lowest BCUT2D eigenvalue weighted by molar-refractivity contribution is 0.188. The van der Waals surface area contributed by atoms with Crippen LogP contribution in [0.2, 0.25) is 0 Å². The predicted molar refractivity (Wildman–Crippen MR) is 78.1 cm³/mol. The SMILES string of the molecule is CCC(CO)n1c(CO)cc(=O)c(O)c1CN(C)CCO. The zero-order valence-electron chi connectivity index (χ0n) is 12.5. The van der Waals surface area contributed by atoms with Gasteiger partial charge in [0.2, 0.25) is 5.43 Å². The molecule has 0 radical (unpaired) electrons. The van der Waals surface area contributed by atoms with Crippen molar-refractivity contribution in [1.82, 2.24) is 9.47 Å². The van der Waals surface area contributed by atoms with Crippen molar-refractivity contribution in [3.05, 3.63) is 27.7 Å². The Morgan fingerprint density at radius 1 is 1.33 bits per heavy atom. The van der Waals surface area contributed by atoms with Crippen LogP contribution in [0.1, 0.15) is 30.8 Å². The van der Waals surface area contributed by atoms with Crippen LogP contribution in [0.5, 0.6) is 5.75 Å². The van der Waals surface area contributed by atoms with Crippen molar-refractivity contribution in [2.75, 3.05) is 26.8 Å². The maximum Gasteiger partial charge on any atom is 0.223 e. The minimum atomic E-state index is -0.560. The lowest BCUT2D eigenvalue weighted by atomic mass is 10.1. The van der Waals surface area contributed by atoms with E-state index in [0.29, 0.717) is 24.4 Å². The smallest absolute Gasteiger partial charge is 0.223 e. The highest BCUT2D eigenvalue weighted by Crippen LogP contribution is 2.23. The molecule has 0 aliphatic rings. The Morgan fingerprint density at radius 3 is 2.48 bits per heavy atom. The highest BCUT2D eigenvalue weighted by atomic mass is 16.3. The zero-order valence-corrected chi connectivity index (χ0v) is 12.5. The fraction of sp³-hybridized carbons (Fsp3) is 0.643. The first kappa shape index (κ1) is 17.6. The second kappa shape index (κ2) is 8.14. The predicted octanol–water partition coefficient (Wildman–Crippen LogP) is -0.586. The molecular weight excluding hydrogens is 276 g/mol. The molecule has 0 spiro atoms. The van der Waals surface area contributed by atoms with Gasteiger partial charge in [-0.05, 0) is 13.5 Å². The average Bonchev–Trinajstić information content (AvgIpc) is 2.47. The molecule has 1 unspecified atom stereocenters. The Hall–Kier alpha value is -1.41. The summed E-state index contributed by atoms with van der Waals surface area (Å²) in [5.74, 6) is -0.385. The molecule has 0 amide bonds. The summed E-state index contributed by atoms with van der Waals surface area (Å²) in [4.78, 5) is 13.6. The first-order chi connectivity index (χ1) is 9.99. The molecule has 7 nitrogen and oxygen atoms in total. The molecule has 0 aromatic carbocycles. The van der Waals surface area contributed by atoms with Crippen molar-refractivity contribution in [3.8, 4) is 5.75 Å². The van der Waals surface area contributed by atoms with E-state index in [-0.39, 0.29) is 38.2 Å². The van der Waals surface area contributed by atoms with Crippen LogP contribution in [-0.4, -0.2) is 56.7 Å². The second-order valence-corrected chi connectivity index (χ2v) is 5.03. The van der Waals surface area contributed by atoms with Gasteiger partial charge >= 0.3 is 0 Å². The summed E-state index contributed by atoms with van der Waals surface area (Å²) in [5.41, 5.74) is 0.130. The van der Waals surface area contributed by atoms with Crippen LogP contribution in [0.15, 0.2) is 10.9 Å². The van der Waals surface area contributed by atoms with Gasteiger partial charge in [-0.1, -0.05) is 6.92 Å². The number of rotatable bonds is 8. The highest BCUT2D eigenvalue weighted by molar-refractivity contribution is 5.30. The number of nitrogens with zero attached hydrogens (tertiary/aromatic N) is 2. The first-order valence-corrected chi connectivity index (χ1v) is 6.97. The van der Waals surface area contributed by atoms with Crippen molar-refractivity contribution in [2.45, 2.75) is 32.5 Å². The Balaban J connectivity index is 3.41. The molecule has 0 saturated heterocycles. The maximum atomic E-state index is 11.8. The molecular formula is C14H24N2O5. The van der Waals surface area contributed by atoms with Gasteiger partial charge in [-0.2, -0.15) is 0 Å². The van der Waals surface area contributed by atoms with Crippen molar-refractivity contribution < 1.29 is 20.4 Å². The van der Waals surface area contributed by atoms with E-state index in [1.807, 2.05) is 6.92 Å². The van der Waals surface area contributed by atoms with Gasteiger partial charge in [0.15, 0.2) is 5.75 Å². The molecule has 1 aromatic rings. The Kier molecular flexibility index (Phi) is 6.83. The minimum absolute atomic E-state index is 0.0433. The van der Waals surface area contributed by atoms with Crippen molar-refractivity contribution in [3.63, 3.8) is 0 Å². The van der Waals surface area contributed by atoms with Crippen LogP contribution in [0, 0.1) is 0 Å². The van der Waals surface area contributed by atoms with Crippen LogP contribution >= 0.6 is 0 Å². The quantitative estimate of drug-likeness (QED) is 0.511. The summed E-state index contributed by atoms with van der Waals surface area (Å²) in [7, 11) is 1.75. The number of hydrogen-bond donors (Lipinski definition) is 4. The third-order valence-electron chi connectivity index (χ3n) is 3.52. The molecule has 1 aromatic heterocycles. The molecule has 1 rings (SSSR count). The molecule has 1 atom stereocenters. The third-order valence-corrected chi connectivity index (χ3v) is 3.52. The summed E-state index contributed by atoms with van der Waals surface area (Å²) >= 11 is 0. The number of hydrogen-bond acceptors (Lipinski definition) is 6. The normalized spacial score (nSPS) is 12.9. The largest absolute Gasteiger partial charge is 0.503 e. The fourth-order valence-corrected chi connectivity index (χ4v) is 2.35. The molecule has 21 heavy (non-hydrogen) atoms. The van der Waals surface area contributed by atoms with Crippen LogP contribution in [0.3, 0.4) is 0 Å². The number of aromatic nitrogens is 1. The standard InChI is InChI=1S/C14H24N2O5/c1-3-10(8-18)16-11(9-19)6-13(20)14(21)12(16)7-15(2)4-5-17/h6,10,17-19,21H,3-5,7-9H2,1-2H3. The van der Waals surface area contributed by atoms with Crippen LogP contribution in [0.4, 0.5) is 0 Å². The molecule has 7 heteroatoms. The van der Waals surface area contributed by atoms with E-state index in [2.05, 4.69) is 0 Å². The van der Waals surface area contributed by atoms with Gasteiger partial charge in [-0.25, -0.2) is 0 Å². The highest BCUT2D eigenvalue weighted by Gasteiger charge is 2.20. The molecule has 1 heterocycles. The van der Waals surface area contributed by atoms with E-state index in [1.165, 1.54) is 6.07 Å². The van der Waals surface area contributed by atoms with Gasteiger partial charge in [-0.15, -0.1) is 0 Å². The lowest BCUT2D eigenvalue weighted by Gasteiger charge is -2.27. The van der Waals surface area contributed by atoms with Gasteiger partial charge in [0.05, 0.1) is 31.6 Å². The summed E-state index contributed by atoms with van der Waals surface area (Å²) in [6.07, 6.45) is 0.586. The second-order valence-electron chi connectivity index (χ2n) is 5.03. The number of pyridine rings is 1. The Labute approximate surface area is 123 Å². The van der Waals surface area contributed by atoms with Crippen LogP contribution in [-0.2, 0) is 13.2 Å². The van der Waals surface area contributed by atoms with Crippen molar-refractivity contribution >= 4 is 0 Å².